The van der Waals surface area contributed by atoms with Crippen LogP contribution >= 0.6 is 0 Å². The summed E-state index contributed by atoms with van der Waals surface area (Å²) in [6.45, 7) is 31.7. The van der Waals surface area contributed by atoms with Crippen molar-refractivity contribution in [3.05, 3.63) is 35.4 Å². The van der Waals surface area contributed by atoms with Crippen molar-refractivity contribution < 1.29 is 0 Å². The zero-order valence-corrected chi connectivity index (χ0v) is 30.3. The zero-order valence-electron chi connectivity index (χ0n) is 30.3. The van der Waals surface area contributed by atoms with Crippen molar-refractivity contribution in [1.29, 1.82) is 0 Å². The van der Waals surface area contributed by atoms with Gasteiger partial charge in [-0.05, 0) is 69.9 Å². The summed E-state index contributed by atoms with van der Waals surface area (Å²) in [7, 11) is 1.98. The summed E-state index contributed by atoms with van der Waals surface area (Å²) in [5.41, 5.74) is 2.86. The van der Waals surface area contributed by atoms with E-state index in [-0.39, 0.29) is 0 Å². The Morgan fingerprint density at radius 3 is 0.923 bits per heavy atom. The van der Waals surface area contributed by atoms with Crippen LogP contribution in [0.3, 0.4) is 0 Å². The van der Waals surface area contributed by atoms with Gasteiger partial charge in [-0.1, -0.05) is 172 Å². The van der Waals surface area contributed by atoms with E-state index in [1.54, 1.807) is 0 Å². The van der Waals surface area contributed by atoms with Crippen LogP contribution in [0.5, 0.6) is 0 Å². The number of nitrogens with one attached hydrogen (secondary N) is 2. The van der Waals surface area contributed by atoms with Gasteiger partial charge < -0.3 is 10.6 Å². The number of hydrogen-bond acceptors (Lipinski definition) is 2. The molecule has 1 rings (SSSR count). The van der Waals surface area contributed by atoms with Gasteiger partial charge in [0.15, 0.2) is 0 Å². The average Bonchev–Trinajstić information content (AvgIpc) is 3.01. The van der Waals surface area contributed by atoms with Gasteiger partial charge in [0.2, 0.25) is 0 Å². The molecule has 0 bridgehead atoms. The highest BCUT2D eigenvalue weighted by Crippen LogP contribution is 2.04. The van der Waals surface area contributed by atoms with E-state index in [9.17, 15) is 0 Å². The normalized spacial score (nSPS) is 8.67. The quantitative estimate of drug-likeness (QED) is 0.223. The molecule has 0 atom stereocenters. The van der Waals surface area contributed by atoms with E-state index < -0.39 is 0 Å². The van der Waals surface area contributed by atoms with Gasteiger partial charge in [-0.3, -0.25) is 0 Å². The van der Waals surface area contributed by atoms with Crippen LogP contribution in [0, 0.1) is 0 Å². The SMILES string of the molecule is CC.CCCC.CCCC.CCCCC.CCCCNC.CCCCNCCC.CCc1ccc(CC)cc1. The van der Waals surface area contributed by atoms with Crippen molar-refractivity contribution in [3.8, 4) is 0 Å². The Hall–Kier alpha value is -0.860. The molecular weight excluding hydrogens is 472 g/mol. The predicted octanol–water partition coefficient (Wildman–Crippen LogP) is 12.4. The Morgan fingerprint density at radius 1 is 0.410 bits per heavy atom. The Labute approximate surface area is 252 Å². The topological polar surface area (TPSA) is 24.1 Å². The van der Waals surface area contributed by atoms with Gasteiger partial charge >= 0.3 is 0 Å². The van der Waals surface area contributed by atoms with E-state index in [1.165, 1.54) is 101 Å². The molecule has 0 saturated heterocycles. The van der Waals surface area contributed by atoms with Crippen molar-refractivity contribution in [3.63, 3.8) is 0 Å². The number of hydrogen-bond donors (Lipinski definition) is 2. The first-order valence-electron chi connectivity index (χ1n) is 17.4. The van der Waals surface area contributed by atoms with E-state index >= 15 is 0 Å². The van der Waals surface area contributed by atoms with Crippen LogP contribution in [0.2, 0.25) is 0 Å². The molecule has 0 aliphatic rings. The van der Waals surface area contributed by atoms with Gasteiger partial charge in [0, 0.05) is 0 Å². The fourth-order valence-corrected chi connectivity index (χ4v) is 2.32. The Kier molecular flexibility index (Phi) is 80.0. The molecule has 0 unspecified atom stereocenters. The Morgan fingerprint density at radius 2 is 0.744 bits per heavy atom. The van der Waals surface area contributed by atoms with Crippen LogP contribution in [0.25, 0.3) is 0 Å². The molecule has 0 radical (unpaired) electrons. The molecule has 2 nitrogen and oxygen atoms in total. The van der Waals surface area contributed by atoms with E-state index in [0.29, 0.717) is 0 Å². The van der Waals surface area contributed by atoms with Crippen LogP contribution in [-0.2, 0) is 12.8 Å². The summed E-state index contributed by atoms with van der Waals surface area (Å²) in [6, 6.07) is 8.83. The molecule has 1 aromatic rings. The maximum atomic E-state index is 3.34. The molecule has 0 aromatic heterocycles. The zero-order chi connectivity index (χ0) is 31.4. The number of unbranched alkanes of at least 4 members (excludes halogenated alkanes) is 6. The molecule has 2 heteroatoms. The molecule has 0 aliphatic heterocycles. The molecule has 0 saturated carbocycles. The molecule has 240 valence electrons. The third-order valence-corrected chi connectivity index (χ3v) is 5.46. The van der Waals surface area contributed by atoms with E-state index in [0.717, 1.165) is 19.4 Å². The molecule has 0 spiro atoms. The lowest BCUT2D eigenvalue weighted by Gasteiger charge is -1.98. The molecule has 0 fully saturated rings. The van der Waals surface area contributed by atoms with Crippen molar-refractivity contribution in [2.24, 2.45) is 0 Å². The third-order valence-electron chi connectivity index (χ3n) is 5.46. The van der Waals surface area contributed by atoms with Gasteiger partial charge in [0.1, 0.15) is 0 Å². The first kappa shape index (κ1) is 50.9. The lowest BCUT2D eigenvalue weighted by atomic mass is 10.1. The van der Waals surface area contributed by atoms with E-state index in [1.807, 2.05) is 20.9 Å². The summed E-state index contributed by atoms with van der Waals surface area (Å²) >= 11 is 0. The number of benzene rings is 1. The van der Waals surface area contributed by atoms with Crippen LogP contribution in [0.4, 0.5) is 0 Å². The highest BCUT2D eigenvalue weighted by Gasteiger charge is 1.88. The van der Waals surface area contributed by atoms with Crippen LogP contribution < -0.4 is 10.6 Å². The minimum absolute atomic E-state index is 1.14. The number of aryl methyl sites for hydroxylation is 2. The van der Waals surface area contributed by atoms with Crippen molar-refractivity contribution in [1.82, 2.24) is 10.6 Å². The number of rotatable bonds is 14. The maximum absolute atomic E-state index is 3.34. The summed E-state index contributed by atoms with van der Waals surface area (Å²) in [6.07, 6.45) is 18.1. The van der Waals surface area contributed by atoms with Crippen molar-refractivity contribution >= 4 is 0 Å². The maximum Gasteiger partial charge on any atom is -0.00490 e. The Bertz CT molecular complexity index is 371. The lowest BCUT2D eigenvalue weighted by Crippen LogP contribution is -2.15. The summed E-state index contributed by atoms with van der Waals surface area (Å²) in [5, 5.41) is 6.40. The van der Waals surface area contributed by atoms with E-state index in [2.05, 4.69) is 111 Å². The standard InChI is InChI=1S/C10H14.C7H17N.C5H13N.C5H12.2C4H10.C2H6/c1-3-9-5-7-10(4-2)8-6-9;1-3-5-7-8-6-4-2;1-3-4-5-6-2;1-3-5-4-2;2*1-3-4-2;1-2/h5-8H,3-4H2,1-2H3;8H,3-7H2,1-2H3;6H,3-5H2,1-2H3;3-5H2,1-2H3;2*3-4H2,1-2H3;1-2H3. The first-order chi connectivity index (χ1) is 18.9. The minimum atomic E-state index is 1.14. The monoisotopic (exact) mass is 555 g/mol. The smallest absolute Gasteiger partial charge is 0.00490 e. The summed E-state index contributed by atoms with van der Waals surface area (Å²) in [5.74, 6) is 0. The largest absolute Gasteiger partial charge is 0.320 e. The average molecular weight is 555 g/mol. The van der Waals surface area contributed by atoms with Gasteiger partial charge in [0.05, 0.1) is 0 Å². The van der Waals surface area contributed by atoms with E-state index in [4.69, 9.17) is 0 Å². The summed E-state index contributed by atoms with van der Waals surface area (Å²) < 4.78 is 0. The Balaban J connectivity index is -0.0000000857. The van der Waals surface area contributed by atoms with Gasteiger partial charge in [-0.15, -0.1) is 0 Å². The summed E-state index contributed by atoms with van der Waals surface area (Å²) in [4.78, 5) is 0. The minimum Gasteiger partial charge on any atom is -0.320 e. The molecular formula is C37H82N2. The van der Waals surface area contributed by atoms with Crippen molar-refractivity contribution in [2.75, 3.05) is 26.7 Å². The molecule has 39 heavy (non-hydrogen) atoms. The predicted molar refractivity (Wildman–Crippen MR) is 190 cm³/mol. The fourth-order valence-electron chi connectivity index (χ4n) is 2.32. The van der Waals surface area contributed by atoms with Crippen LogP contribution in [0.15, 0.2) is 24.3 Å². The highest BCUT2D eigenvalue weighted by atomic mass is 14.8. The first-order valence-corrected chi connectivity index (χ1v) is 17.4. The van der Waals surface area contributed by atoms with Gasteiger partial charge in [-0.2, -0.15) is 0 Å². The second-order valence-electron chi connectivity index (χ2n) is 9.44. The van der Waals surface area contributed by atoms with Crippen molar-refractivity contribution in [2.45, 2.75) is 180 Å². The van der Waals surface area contributed by atoms with Gasteiger partial charge in [0.25, 0.3) is 0 Å². The molecule has 0 aliphatic carbocycles. The second kappa shape index (κ2) is 61.3. The van der Waals surface area contributed by atoms with Gasteiger partial charge in [-0.25, -0.2) is 0 Å². The second-order valence-corrected chi connectivity index (χ2v) is 9.44. The highest BCUT2D eigenvalue weighted by molar-refractivity contribution is 5.22. The van der Waals surface area contributed by atoms with Crippen LogP contribution in [-0.4, -0.2) is 26.7 Å². The molecule has 1 aromatic carbocycles. The molecule has 2 N–H and O–H groups in total. The molecule has 0 amide bonds. The van der Waals surface area contributed by atoms with Crippen LogP contribution in [0.1, 0.15) is 178 Å². The fraction of sp³-hybridized carbons (Fsp3) is 0.838. The lowest BCUT2D eigenvalue weighted by molar-refractivity contribution is 0.633. The third kappa shape index (κ3) is 72.6. The molecule has 0 heterocycles.